The molecule has 2 aliphatic rings. The molecule has 2 aliphatic carbocycles. The van der Waals surface area contributed by atoms with Gasteiger partial charge >= 0.3 is 0 Å². The molecule has 0 saturated heterocycles. The summed E-state index contributed by atoms with van der Waals surface area (Å²) in [5.41, 5.74) is 0.117. The molecule has 0 aromatic heterocycles. The topological polar surface area (TPSA) is 56.7 Å². The molecule has 4 nitrogen and oxygen atoms in total. The van der Waals surface area contributed by atoms with E-state index in [2.05, 4.69) is 22.5 Å². The van der Waals surface area contributed by atoms with Crippen LogP contribution in [0.1, 0.15) is 32.6 Å². The molecule has 5 heteroatoms. The standard InChI is InChI=1S/C11H21N3O.HI/c1-2-12-10(14-9-3-4-9)13-7-11(8-15)5-6-11;/h9,15H,2-8H2,1H3,(H2,12,13,14);1H. The van der Waals surface area contributed by atoms with Gasteiger partial charge in [0.05, 0.1) is 13.2 Å². The highest BCUT2D eigenvalue weighted by Crippen LogP contribution is 2.45. The minimum absolute atomic E-state index is 0. The molecular formula is C11H22IN3O. The number of nitrogens with zero attached hydrogens (tertiary/aromatic N) is 1. The fourth-order valence-electron chi connectivity index (χ4n) is 1.53. The average molecular weight is 339 g/mol. The van der Waals surface area contributed by atoms with Crippen LogP contribution in [0.15, 0.2) is 4.99 Å². The van der Waals surface area contributed by atoms with Crippen molar-refractivity contribution in [2.75, 3.05) is 19.7 Å². The Morgan fingerprint density at radius 2 is 2.12 bits per heavy atom. The van der Waals surface area contributed by atoms with Crippen molar-refractivity contribution in [1.29, 1.82) is 0 Å². The highest BCUT2D eigenvalue weighted by Gasteiger charge is 2.41. The van der Waals surface area contributed by atoms with Gasteiger partial charge in [-0.15, -0.1) is 24.0 Å². The van der Waals surface area contributed by atoms with Crippen LogP contribution in [-0.4, -0.2) is 36.8 Å². The Morgan fingerprint density at radius 1 is 1.44 bits per heavy atom. The molecule has 2 fully saturated rings. The number of aliphatic hydroxyl groups is 1. The molecule has 0 aromatic carbocycles. The summed E-state index contributed by atoms with van der Waals surface area (Å²) in [5, 5.41) is 15.8. The minimum Gasteiger partial charge on any atom is -0.396 e. The van der Waals surface area contributed by atoms with E-state index >= 15 is 0 Å². The molecule has 94 valence electrons. The lowest BCUT2D eigenvalue weighted by Crippen LogP contribution is -2.39. The van der Waals surface area contributed by atoms with Gasteiger partial charge in [-0.25, -0.2) is 0 Å². The Labute approximate surface area is 114 Å². The van der Waals surface area contributed by atoms with Gasteiger partial charge in [-0.1, -0.05) is 0 Å². The number of nitrogens with one attached hydrogen (secondary N) is 2. The summed E-state index contributed by atoms with van der Waals surface area (Å²) in [6, 6.07) is 0.632. The summed E-state index contributed by atoms with van der Waals surface area (Å²) in [4.78, 5) is 4.53. The fourth-order valence-corrected chi connectivity index (χ4v) is 1.53. The summed E-state index contributed by atoms with van der Waals surface area (Å²) in [6.45, 7) is 4.00. The normalized spacial score (nSPS) is 22.2. The molecule has 0 unspecified atom stereocenters. The number of rotatable bonds is 5. The Hall–Kier alpha value is -0.0400. The van der Waals surface area contributed by atoms with E-state index in [1.54, 1.807) is 0 Å². The van der Waals surface area contributed by atoms with E-state index in [4.69, 9.17) is 0 Å². The average Bonchev–Trinajstić information content (AvgIpc) is 3.12. The SMILES string of the molecule is CCNC(=NCC1(CO)CC1)NC1CC1.I. The van der Waals surface area contributed by atoms with Crippen LogP contribution >= 0.6 is 24.0 Å². The maximum absolute atomic E-state index is 9.18. The van der Waals surface area contributed by atoms with Crippen molar-refractivity contribution >= 4 is 29.9 Å². The van der Waals surface area contributed by atoms with Crippen LogP contribution in [0.5, 0.6) is 0 Å². The number of hydrogen-bond donors (Lipinski definition) is 3. The second-order valence-electron chi connectivity index (χ2n) is 4.77. The lowest BCUT2D eigenvalue weighted by Gasteiger charge is -2.13. The largest absolute Gasteiger partial charge is 0.396 e. The van der Waals surface area contributed by atoms with E-state index < -0.39 is 0 Å². The number of aliphatic imine (C=N–C) groups is 1. The van der Waals surface area contributed by atoms with Crippen molar-refractivity contribution in [3.63, 3.8) is 0 Å². The summed E-state index contributed by atoms with van der Waals surface area (Å²) in [7, 11) is 0. The van der Waals surface area contributed by atoms with Gasteiger partial charge in [-0.2, -0.15) is 0 Å². The van der Waals surface area contributed by atoms with E-state index in [-0.39, 0.29) is 36.0 Å². The Bertz CT molecular complexity index is 250. The van der Waals surface area contributed by atoms with Gasteiger partial charge in [-0.05, 0) is 32.6 Å². The molecule has 0 heterocycles. The maximum Gasteiger partial charge on any atom is 0.191 e. The second kappa shape index (κ2) is 6.05. The lowest BCUT2D eigenvalue weighted by molar-refractivity contribution is 0.217. The highest BCUT2D eigenvalue weighted by molar-refractivity contribution is 14.0. The van der Waals surface area contributed by atoms with Crippen molar-refractivity contribution in [1.82, 2.24) is 10.6 Å². The molecule has 2 rings (SSSR count). The first-order chi connectivity index (χ1) is 7.28. The van der Waals surface area contributed by atoms with Crippen LogP contribution in [-0.2, 0) is 0 Å². The molecule has 0 bridgehead atoms. The Morgan fingerprint density at radius 3 is 2.56 bits per heavy atom. The van der Waals surface area contributed by atoms with Crippen LogP contribution in [0, 0.1) is 5.41 Å². The first-order valence-electron chi connectivity index (χ1n) is 5.94. The van der Waals surface area contributed by atoms with Crippen molar-refractivity contribution < 1.29 is 5.11 Å². The quantitative estimate of drug-likeness (QED) is 0.399. The van der Waals surface area contributed by atoms with Crippen LogP contribution in [0.3, 0.4) is 0 Å². The highest BCUT2D eigenvalue weighted by atomic mass is 127. The van der Waals surface area contributed by atoms with Crippen LogP contribution in [0.25, 0.3) is 0 Å². The van der Waals surface area contributed by atoms with Crippen molar-refractivity contribution in [2.24, 2.45) is 10.4 Å². The number of aliphatic hydroxyl groups excluding tert-OH is 1. The van der Waals surface area contributed by atoms with Crippen LogP contribution in [0.4, 0.5) is 0 Å². The van der Waals surface area contributed by atoms with Crippen LogP contribution < -0.4 is 10.6 Å². The smallest absolute Gasteiger partial charge is 0.191 e. The maximum atomic E-state index is 9.18. The van der Waals surface area contributed by atoms with Gasteiger partial charge < -0.3 is 15.7 Å². The molecule has 0 atom stereocenters. The molecule has 16 heavy (non-hydrogen) atoms. The van der Waals surface area contributed by atoms with E-state index in [1.807, 2.05) is 0 Å². The van der Waals surface area contributed by atoms with Crippen molar-refractivity contribution in [2.45, 2.75) is 38.6 Å². The predicted octanol–water partition coefficient (Wildman–Crippen LogP) is 1.09. The monoisotopic (exact) mass is 339 g/mol. The molecule has 3 N–H and O–H groups in total. The lowest BCUT2D eigenvalue weighted by atomic mass is 10.1. The first kappa shape index (κ1) is 14.0. The molecule has 2 saturated carbocycles. The molecule has 0 radical (unpaired) electrons. The molecular weight excluding hydrogens is 317 g/mol. The number of hydrogen-bond acceptors (Lipinski definition) is 2. The second-order valence-corrected chi connectivity index (χ2v) is 4.77. The zero-order chi connectivity index (χ0) is 10.7. The van der Waals surface area contributed by atoms with Gasteiger partial charge in [0.25, 0.3) is 0 Å². The van der Waals surface area contributed by atoms with Crippen molar-refractivity contribution in [3.8, 4) is 0 Å². The summed E-state index contributed by atoms with van der Waals surface area (Å²) < 4.78 is 0. The third-order valence-corrected chi connectivity index (χ3v) is 3.13. The summed E-state index contributed by atoms with van der Waals surface area (Å²) >= 11 is 0. The molecule has 0 aliphatic heterocycles. The zero-order valence-electron chi connectivity index (χ0n) is 9.83. The van der Waals surface area contributed by atoms with Gasteiger partial charge in [-0.3, -0.25) is 4.99 Å². The van der Waals surface area contributed by atoms with Gasteiger partial charge in [0, 0.05) is 18.0 Å². The van der Waals surface area contributed by atoms with Crippen LogP contribution in [0.2, 0.25) is 0 Å². The van der Waals surface area contributed by atoms with Crippen molar-refractivity contribution in [3.05, 3.63) is 0 Å². The fraction of sp³-hybridized carbons (Fsp3) is 0.909. The third kappa shape index (κ3) is 4.08. The zero-order valence-corrected chi connectivity index (χ0v) is 12.2. The predicted molar refractivity (Wildman–Crippen MR) is 76.3 cm³/mol. The molecule has 0 aromatic rings. The van der Waals surface area contributed by atoms with Gasteiger partial charge in [0.1, 0.15) is 0 Å². The van der Waals surface area contributed by atoms with E-state index in [0.29, 0.717) is 6.04 Å². The first-order valence-corrected chi connectivity index (χ1v) is 5.94. The molecule has 0 spiro atoms. The van der Waals surface area contributed by atoms with Gasteiger partial charge in [0.2, 0.25) is 0 Å². The van der Waals surface area contributed by atoms with E-state index in [1.165, 1.54) is 12.8 Å². The Kier molecular flexibility index (Phi) is 5.30. The third-order valence-electron chi connectivity index (χ3n) is 3.13. The number of guanidine groups is 1. The Balaban J connectivity index is 0.00000128. The van der Waals surface area contributed by atoms with Gasteiger partial charge in [0.15, 0.2) is 5.96 Å². The van der Waals surface area contributed by atoms with E-state index in [9.17, 15) is 5.11 Å². The van der Waals surface area contributed by atoms with E-state index in [0.717, 1.165) is 31.9 Å². The minimum atomic E-state index is 0. The summed E-state index contributed by atoms with van der Waals surface area (Å²) in [5.74, 6) is 0.916. The molecule has 0 amide bonds. The number of halogens is 1. The summed E-state index contributed by atoms with van der Waals surface area (Å²) in [6.07, 6.45) is 4.76.